The Balaban J connectivity index is 2.27. The first-order valence-electron chi connectivity index (χ1n) is 7.08. The molecule has 0 aromatic heterocycles. The number of hydrogen-bond acceptors (Lipinski definition) is 3. The number of sulfonamides is 1. The first kappa shape index (κ1) is 15.5. The van der Waals surface area contributed by atoms with E-state index in [0.717, 1.165) is 12.8 Å². The van der Waals surface area contributed by atoms with Gasteiger partial charge in [-0.25, -0.2) is 13.1 Å². The molecule has 3 unspecified atom stereocenters. The van der Waals surface area contributed by atoms with Crippen molar-refractivity contribution in [2.24, 2.45) is 11.8 Å². The van der Waals surface area contributed by atoms with Gasteiger partial charge in [0.05, 0.1) is 11.5 Å². The van der Waals surface area contributed by atoms with Crippen LogP contribution in [-0.4, -0.2) is 19.6 Å². The summed E-state index contributed by atoms with van der Waals surface area (Å²) in [7, 11) is -3.52. The number of benzene rings is 1. The van der Waals surface area contributed by atoms with Crippen LogP contribution in [0.25, 0.3) is 0 Å². The number of hydrogen-bond donors (Lipinski definition) is 2. The van der Waals surface area contributed by atoms with Gasteiger partial charge in [-0.2, -0.15) is 0 Å². The predicted octanol–water partition coefficient (Wildman–Crippen LogP) is 2.20. The van der Waals surface area contributed by atoms with Crippen LogP contribution < -0.4 is 4.72 Å². The highest BCUT2D eigenvalue weighted by molar-refractivity contribution is 7.89. The Morgan fingerprint density at radius 2 is 2.00 bits per heavy atom. The van der Waals surface area contributed by atoms with Crippen LogP contribution >= 0.6 is 0 Å². The fourth-order valence-electron chi connectivity index (χ4n) is 2.83. The van der Waals surface area contributed by atoms with Gasteiger partial charge in [0.1, 0.15) is 0 Å². The highest BCUT2D eigenvalue weighted by Crippen LogP contribution is 2.32. The Labute approximate surface area is 121 Å². The summed E-state index contributed by atoms with van der Waals surface area (Å²) in [6, 6.07) is 5.04. The largest absolute Gasteiger partial charge is 0.392 e. The van der Waals surface area contributed by atoms with Crippen molar-refractivity contribution in [3.05, 3.63) is 29.3 Å². The molecule has 0 spiro atoms. The first-order valence-corrected chi connectivity index (χ1v) is 8.56. The molecule has 2 N–H and O–H groups in total. The molecule has 5 heteroatoms. The summed E-state index contributed by atoms with van der Waals surface area (Å²) in [6.45, 7) is 5.88. The second-order valence-electron chi connectivity index (χ2n) is 5.90. The fourth-order valence-corrected chi connectivity index (χ4v) is 4.48. The molecular weight excluding hydrogens is 274 g/mol. The van der Waals surface area contributed by atoms with Crippen LogP contribution in [-0.2, 0) is 16.6 Å². The lowest BCUT2D eigenvalue weighted by molar-refractivity contribution is 0.281. The molecule has 1 aliphatic rings. The van der Waals surface area contributed by atoms with E-state index in [2.05, 4.69) is 18.6 Å². The van der Waals surface area contributed by atoms with Crippen LogP contribution in [0.4, 0.5) is 0 Å². The second-order valence-corrected chi connectivity index (χ2v) is 7.58. The summed E-state index contributed by atoms with van der Waals surface area (Å²) < 4.78 is 27.9. The SMILES string of the molecule is Cc1ccc(CO)cc1S(=O)(=O)NC1CCC(C)C1C. The Kier molecular flexibility index (Phi) is 4.52. The van der Waals surface area contributed by atoms with Crippen LogP contribution in [0.15, 0.2) is 23.1 Å². The van der Waals surface area contributed by atoms with Crippen molar-refractivity contribution in [3.63, 3.8) is 0 Å². The molecule has 0 bridgehead atoms. The average molecular weight is 297 g/mol. The first-order chi connectivity index (χ1) is 9.35. The summed E-state index contributed by atoms with van der Waals surface area (Å²) >= 11 is 0. The Bertz CT molecular complexity index is 583. The molecule has 1 saturated carbocycles. The average Bonchev–Trinajstić information content (AvgIpc) is 2.70. The highest BCUT2D eigenvalue weighted by Gasteiger charge is 2.33. The van der Waals surface area contributed by atoms with Crippen molar-refractivity contribution in [3.8, 4) is 0 Å². The molecule has 0 aliphatic heterocycles. The third-order valence-electron chi connectivity index (χ3n) is 4.50. The zero-order chi connectivity index (χ0) is 14.9. The molecule has 3 atom stereocenters. The van der Waals surface area contributed by atoms with Crippen molar-refractivity contribution in [2.75, 3.05) is 0 Å². The smallest absolute Gasteiger partial charge is 0.241 e. The standard InChI is InChI=1S/C15H23NO3S/c1-10-5-7-14(12(10)3)16-20(18,19)15-8-13(9-17)6-4-11(15)2/h4,6,8,10,12,14,16-17H,5,7,9H2,1-3H3. The maximum absolute atomic E-state index is 12.5. The normalized spacial score (nSPS) is 26.9. The minimum absolute atomic E-state index is 0.00665. The lowest BCUT2D eigenvalue weighted by Gasteiger charge is -2.20. The summed E-state index contributed by atoms with van der Waals surface area (Å²) in [4.78, 5) is 0.274. The zero-order valence-corrected chi connectivity index (χ0v) is 13.1. The van der Waals surface area contributed by atoms with Gasteiger partial charge in [0.25, 0.3) is 0 Å². The topological polar surface area (TPSA) is 66.4 Å². The van der Waals surface area contributed by atoms with E-state index in [-0.39, 0.29) is 17.5 Å². The van der Waals surface area contributed by atoms with Crippen molar-refractivity contribution in [2.45, 2.75) is 51.2 Å². The molecule has 1 aliphatic carbocycles. The van der Waals surface area contributed by atoms with E-state index >= 15 is 0 Å². The van der Waals surface area contributed by atoms with E-state index in [9.17, 15) is 8.42 Å². The summed E-state index contributed by atoms with van der Waals surface area (Å²) in [6.07, 6.45) is 1.95. The molecule has 112 valence electrons. The Morgan fingerprint density at radius 3 is 2.55 bits per heavy atom. The molecule has 0 saturated heterocycles. The van der Waals surface area contributed by atoms with E-state index in [4.69, 9.17) is 5.11 Å². The maximum atomic E-state index is 12.5. The quantitative estimate of drug-likeness (QED) is 0.895. The molecule has 20 heavy (non-hydrogen) atoms. The van der Waals surface area contributed by atoms with Gasteiger partial charge in [0.15, 0.2) is 0 Å². The van der Waals surface area contributed by atoms with Gasteiger partial charge in [-0.05, 0) is 48.8 Å². The van der Waals surface area contributed by atoms with Gasteiger partial charge in [-0.1, -0.05) is 26.0 Å². The van der Waals surface area contributed by atoms with Gasteiger partial charge in [0.2, 0.25) is 10.0 Å². The van der Waals surface area contributed by atoms with Gasteiger partial charge in [0, 0.05) is 6.04 Å². The van der Waals surface area contributed by atoms with Gasteiger partial charge in [-0.3, -0.25) is 0 Å². The summed E-state index contributed by atoms with van der Waals surface area (Å²) in [5.74, 6) is 0.902. The van der Waals surface area contributed by atoms with E-state index in [1.165, 1.54) is 0 Å². The monoisotopic (exact) mass is 297 g/mol. The van der Waals surface area contributed by atoms with Crippen molar-refractivity contribution >= 4 is 10.0 Å². The lowest BCUT2D eigenvalue weighted by atomic mass is 9.98. The number of nitrogens with one attached hydrogen (secondary N) is 1. The van der Waals surface area contributed by atoms with Gasteiger partial charge < -0.3 is 5.11 Å². The third kappa shape index (κ3) is 3.05. The number of aliphatic hydroxyl groups is 1. The molecule has 0 amide bonds. The minimum atomic E-state index is -3.52. The molecule has 0 radical (unpaired) electrons. The maximum Gasteiger partial charge on any atom is 0.241 e. The molecule has 2 rings (SSSR count). The van der Waals surface area contributed by atoms with E-state index < -0.39 is 10.0 Å². The molecular formula is C15H23NO3S. The lowest BCUT2D eigenvalue weighted by Crippen LogP contribution is -2.37. The fraction of sp³-hybridized carbons (Fsp3) is 0.600. The van der Waals surface area contributed by atoms with Crippen LogP contribution in [0, 0.1) is 18.8 Å². The molecule has 1 aromatic rings. The van der Waals surface area contributed by atoms with Gasteiger partial charge >= 0.3 is 0 Å². The minimum Gasteiger partial charge on any atom is -0.392 e. The Hall–Kier alpha value is -0.910. The van der Waals surface area contributed by atoms with Crippen LogP contribution in [0.1, 0.15) is 37.8 Å². The van der Waals surface area contributed by atoms with E-state index in [1.54, 1.807) is 25.1 Å². The molecule has 0 heterocycles. The number of rotatable bonds is 4. The van der Waals surface area contributed by atoms with E-state index in [0.29, 0.717) is 23.0 Å². The molecule has 4 nitrogen and oxygen atoms in total. The summed E-state index contributed by atoms with van der Waals surface area (Å²) in [5, 5.41) is 9.16. The molecule has 1 fully saturated rings. The number of aryl methyl sites for hydroxylation is 1. The van der Waals surface area contributed by atoms with E-state index in [1.807, 2.05) is 0 Å². The molecule has 1 aromatic carbocycles. The Morgan fingerprint density at radius 1 is 1.30 bits per heavy atom. The highest BCUT2D eigenvalue weighted by atomic mass is 32.2. The predicted molar refractivity (Wildman–Crippen MR) is 78.8 cm³/mol. The van der Waals surface area contributed by atoms with Crippen molar-refractivity contribution < 1.29 is 13.5 Å². The van der Waals surface area contributed by atoms with Crippen LogP contribution in [0.5, 0.6) is 0 Å². The van der Waals surface area contributed by atoms with Crippen LogP contribution in [0.3, 0.4) is 0 Å². The van der Waals surface area contributed by atoms with Crippen LogP contribution in [0.2, 0.25) is 0 Å². The second kappa shape index (κ2) is 5.84. The van der Waals surface area contributed by atoms with Crippen molar-refractivity contribution in [1.82, 2.24) is 4.72 Å². The number of aliphatic hydroxyl groups excluding tert-OH is 1. The van der Waals surface area contributed by atoms with Crippen molar-refractivity contribution in [1.29, 1.82) is 0 Å². The third-order valence-corrected chi connectivity index (χ3v) is 6.13. The summed E-state index contributed by atoms with van der Waals surface area (Å²) in [5.41, 5.74) is 1.32. The zero-order valence-electron chi connectivity index (χ0n) is 12.3. The van der Waals surface area contributed by atoms with Gasteiger partial charge in [-0.15, -0.1) is 0 Å².